The van der Waals surface area contributed by atoms with Crippen LogP contribution in [0.1, 0.15) is 43.4 Å². The van der Waals surface area contributed by atoms with Gasteiger partial charge in [0, 0.05) is 4.88 Å². The Bertz CT molecular complexity index is 1240. The van der Waals surface area contributed by atoms with Crippen LogP contribution in [0.4, 0.5) is 0 Å². The van der Waals surface area contributed by atoms with Crippen molar-refractivity contribution in [2.75, 3.05) is 5.75 Å². The second-order valence-corrected chi connectivity index (χ2v) is 11.1. The molecule has 1 atom stereocenters. The van der Waals surface area contributed by atoms with E-state index in [4.69, 9.17) is 9.40 Å². The van der Waals surface area contributed by atoms with Crippen molar-refractivity contribution in [2.24, 2.45) is 11.3 Å². The number of carbonyl (C=O) groups excluding carboxylic acids is 1. The van der Waals surface area contributed by atoms with E-state index in [-0.39, 0.29) is 11.7 Å². The van der Waals surface area contributed by atoms with E-state index in [2.05, 4.69) is 36.3 Å². The minimum Gasteiger partial charge on any atom is -0.467 e. The van der Waals surface area contributed by atoms with Gasteiger partial charge in [0.1, 0.15) is 16.9 Å². The lowest BCUT2D eigenvalue weighted by Crippen LogP contribution is -2.26. The molecule has 5 rings (SSSR count). The number of aryl methyl sites for hydroxylation is 1. The van der Waals surface area contributed by atoms with Gasteiger partial charge in [0.15, 0.2) is 10.8 Å². The third-order valence-corrected chi connectivity index (χ3v) is 8.13. The summed E-state index contributed by atoms with van der Waals surface area (Å²) < 4.78 is 7.15. The number of thiophene rings is 1. The minimum atomic E-state index is -0.0756. The summed E-state index contributed by atoms with van der Waals surface area (Å²) in [6, 6.07) is 3.64. The maximum absolute atomic E-state index is 12.2. The van der Waals surface area contributed by atoms with Gasteiger partial charge in [-0.2, -0.15) is 0 Å². The first-order chi connectivity index (χ1) is 14.9. The van der Waals surface area contributed by atoms with Crippen molar-refractivity contribution < 1.29 is 9.21 Å². The molecule has 0 saturated carbocycles. The van der Waals surface area contributed by atoms with Gasteiger partial charge in [-0.25, -0.2) is 4.98 Å². The lowest BCUT2D eigenvalue weighted by molar-refractivity contribution is -0.118. The molecule has 0 bridgehead atoms. The average molecular weight is 456 g/mol. The van der Waals surface area contributed by atoms with Gasteiger partial charge in [0.25, 0.3) is 0 Å². The van der Waals surface area contributed by atoms with Crippen LogP contribution in [0.2, 0.25) is 0 Å². The highest BCUT2D eigenvalue weighted by molar-refractivity contribution is 7.99. The molecule has 4 aromatic rings. The molecule has 0 radical (unpaired) electrons. The zero-order valence-electron chi connectivity index (χ0n) is 17.8. The van der Waals surface area contributed by atoms with Gasteiger partial charge >= 0.3 is 0 Å². The lowest BCUT2D eigenvalue weighted by Gasteiger charge is -2.33. The van der Waals surface area contributed by atoms with Crippen LogP contribution in [0.5, 0.6) is 0 Å². The molecule has 4 aromatic heterocycles. The molecule has 0 fully saturated rings. The fraction of sp³-hybridized carbons (Fsp3) is 0.455. The number of rotatable bonds is 5. The van der Waals surface area contributed by atoms with E-state index in [0.29, 0.717) is 23.0 Å². The SMILES string of the molecule is CC(C)(C)[C@H]1CCc2c(sc3ncn4c(SCC(=O)NCc5ccco5)nnc4c23)C1. The van der Waals surface area contributed by atoms with Crippen LogP contribution in [-0.4, -0.2) is 31.2 Å². The molecule has 0 unspecified atom stereocenters. The zero-order valence-corrected chi connectivity index (χ0v) is 19.5. The van der Waals surface area contributed by atoms with Gasteiger partial charge < -0.3 is 9.73 Å². The normalized spacial score (nSPS) is 16.7. The van der Waals surface area contributed by atoms with Gasteiger partial charge in [0.05, 0.1) is 23.9 Å². The van der Waals surface area contributed by atoms with Crippen molar-refractivity contribution in [1.82, 2.24) is 24.9 Å². The largest absolute Gasteiger partial charge is 0.467 e. The van der Waals surface area contributed by atoms with Gasteiger partial charge in [0.2, 0.25) is 5.91 Å². The number of hydrogen-bond donors (Lipinski definition) is 1. The van der Waals surface area contributed by atoms with Crippen LogP contribution in [0.15, 0.2) is 34.3 Å². The third-order valence-electron chi connectivity index (χ3n) is 6.02. The number of nitrogens with one attached hydrogen (secondary N) is 1. The van der Waals surface area contributed by atoms with Crippen LogP contribution in [0.3, 0.4) is 0 Å². The van der Waals surface area contributed by atoms with Crippen molar-refractivity contribution in [3.05, 3.63) is 40.9 Å². The number of hydrogen-bond acceptors (Lipinski definition) is 7. The van der Waals surface area contributed by atoms with E-state index in [1.807, 2.05) is 10.5 Å². The Kier molecular flexibility index (Phi) is 5.26. The fourth-order valence-electron chi connectivity index (χ4n) is 4.17. The number of aromatic nitrogens is 4. The highest BCUT2D eigenvalue weighted by Gasteiger charge is 2.31. The van der Waals surface area contributed by atoms with Crippen molar-refractivity contribution in [3.63, 3.8) is 0 Å². The summed E-state index contributed by atoms with van der Waals surface area (Å²) >= 11 is 3.16. The molecule has 1 N–H and O–H groups in total. The second kappa shape index (κ2) is 7.94. The monoisotopic (exact) mass is 455 g/mol. The number of furan rings is 1. The van der Waals surface area contributed by atoms with Crippen molar-refractivity contribution in [3.8, 4) is 0 Å². The molecule has 31 heavy (non-hydrogen) atoms. The molecule has 162 valence electrons. The predicted molar refractivity (Wildman–Crippen MR) is 122 cm³/mol. The molecule has 9 heteroatoms. The maximum Gasteiger partial charge on any atom is 0.230 e. The summed E-state index contributed by atoms with van der Waals surface area (Å²) in [5.74, 6) is 1.60. The number of amides is 1. The molecule has 0 aliphatic heterocycles. The molecule has 1 aliphatic rings. The van der Waals surface area contributed by atoms with Gasteiger partial charge in [-0.15, -0.1) is 21.5 Å². The van der Waals surface area contributed by atoms with Crippen molar-refractivity contribution in [2.45, 2.75) is 51.7 Å². The number of thioether (sulfide) groups is 1. The molecule has 0 aromatic carbocycles. The quantitative estimate of drug-likeness (QED) is 0.446. The Morgan fingerprint density at radius 3 is 3.03 bits per heavy atom. The van der Waals surface area contributed by atoms with E-state index in [0.717, 1.165) is 34.5 Å². The summed E-state index contributed by atoms with van der Waals surface area (Å²) in [5.41, 5.74) is 2.54. The van der Waals surface area contributed by atoms with E-state index in [9.17, 15) is 4.79 Å². The molecular weight excluding hydrogens is 430 g/mol. The van der Waals surface area contributed by atoms with E-state index >= 15 is 0 Å². The average Bonchev–Trinajstić information content (AvgIpc) is 3.46. The minimum absolute atomic E-state index is 0.0756. The summed E-state index contributed by atoms with van der Waals surface area (Å²) in [7, 11) is 0. The predicted octanol–water partition coefficient (Wildman–Crippen LogP) is 4.49. The number of fused-ring (bicyclic) bond motifs is 5. The molecule has 0 spiro atoms. The Morgan fingerprint density at radius 1 is 1.39 bits per heavy atom. The smallest absolute Gasteiger partial charge is 0.230 e. The Hall–Kier alpha value is -2.39. The van der Waals surface area contributed by atoms with Crippen molar-refractivity contribution in [1.29, 1.82) is 0 Å². The van der Waals surface area contributed by atoms with Crippen molar-refractivity contribution >= 4 is 44.9 Å². The van der Waals surface area contributed by atoms with E-state index in [1.54, 1.807) is 30.0 Å². The first-order valence-corrected chi connectivity index (χ1v) is 12.3. The zero-order chi connectivity index (χ0) is 21.6. The third kappa shape index (κ3) is 3.96. The number of nitrogens with zero attached hydrogens (tertiary/aromatic N) is 4. The Balaban J connectivity index is 1.35. The lowest BCUT2D eigenvalue weighted by atomic mass is 9.72. The van der Waals surface area contributed by atoms with Crippen LogP contribution in [0, 0.1) is 11.3 Å². The molecule has 4 heterocycles. The topological polar surface area (TPSA) is 85.3 Å². The summed E-state index contributed by atoms with van der Waals surface area (Å²) in [6.07, 6.45) is 6.73. The summed E-state index contributed by atoms with van der Waals surface area (Å²) in [6.45, 7) is 7.38. The van der Waals surface area contributed by atoms with E-state index < -0.39 is 0 Å². The second-order valence-electron chi connectivity index (χ2n) is 9.06. The highest BCUT2D eigenvalue weighted by atomic mass is 32.2. The highest BCUT2D eigenvalue weighted by Crippen LogP contribution is 2.43. The van der Waals surface area contributed by atoms with Crippen LogP contribution < -0.4 is 5.32 Å². The maximum atomic E-state index is 12.2. The molecule has 7 nitrogen and oxygen atoms in total. The van der Waals surface area contributed by atoms with E-state index in [1.165, 1.54) is 28.6 Å². The van der Waals surface area contributed by atoms with Crippen LogP contribution >= 0.6 is 23.1 Å². The first-order valence-electron chi connectivity index (χ1n) is 10.5. The summed E-state index contributed by atoms with van der Waals surface area (Å²) in [5, 5.41) is 13.5. The standard InChI is InChI=1S/C22H25N5O2S2/c1-22(2,3)13-6-7-15-16(9-13)31-20-18(15)19-25-26-21(27(19)12-24-20)30-11-17(28)23-10-14-5-4-8-29-14/h4-5,8,12-13H,6-7,9-11H2,1-3H3,(H,23,28)/t13-/m0/s1. The van der Waals surface area contributed by atoms with Gasteiger partial charge in [-0.05, 0) is 48.3 Å². The molecule has 0 saturated heterocycles. The van der Waals surface area contributed by atoms with Crippen LogP contribution in [0.25, 0.3) is 15.9 Å². The van der Waals surface area contributed by atoms with Crippen LogP contribution in [-0.2, 0) is 24.2 Å². The van der Waals surface area contributed by atoms with Gasteiger partial charge in [-0.1, -0.05) is 32.5 Å². The Morgan fingerprint density at radius 2 is 2.26 bits per heavy atom. The fourth-order valence-corrected chi connectivity index (χ4v) is 6.17. The Labute approximate surface area is 188 Å². The summed E-state index contributed by atoms with van der Waals surface area (Å²) in [4.78, 5) is 19.4. The molecular formula is C22H25N5O2S2. The molecule has 1 amide bonds. The first kappa shape index (κ1) is 20.5. The molecule has 1 aliphatic carbocycles. The number of carbonyl (C=O) groups is 1. The van der Waals surface area contributed by atoms with Gasteiger partial charge in [-0.3, -0.25) is 9.20 Å².